The highest BCUT2D eigenvalue weighted by Crippen LogP contribution is 2.19. The van der Waals surface area contributed by atoms with Gasteiger partial charge < -0.3 is 32.4 Å². The van der Waals surface area contributed by atoms with Crippen LogP contribution in [0.25, 0.3) is 10.9 Å². The zero-order valence-electron chi connectivity index (χ0n) is 20.0. The standard InChI is InChI=1S/C24H32N6O5/c1-4-13(2)21(22(26)33)30-24(35)19(11-15-12-27-17-8-6-5-7-16(15)17)29-23(34)18(28-14(3)31)9-10-20(25)32/h5-10,12-13,18-19,21,27H,4,11H2,1-3H3,(H2,25,32)(H2,26,33)(H,28,31)(H,29,34)(H,30,35)/b10-9+/t13?,18-,19-,21-/m0/s1. The second-order valence-electron chi connectivity index (χ2n) is 8.34. The molecule has 1 unspecified atom stereocenters. The quantitative estimate of drug-likeness (QED) is 0.226. The van der Waals surface area contributed by atoms with Gasteiger partial charge in [-0.3, -0.25) is 24.0 Å². The molecule has 35 heavy (non-hydrogen) atoms. The summed E-state index contributed by atoms with van der Waals surface area (Å²) in [4.78, 5) is 64.1. The van der Waals surface area contributed by atoms with E-state index in [2.05, 4.69) is 20.9 Å². The average Bonchev–Trinajstić information content (AvgIpc) is 3.21. The number of benzene rings is 1. The Balaban J connectivity index is 2.36. The number of rotatable bonds is 12. The third kappa shape index (κ3) is 7.70. The predicted molar refractivity (Wildman–Crippen MR) is 130 cm³/mol. The highest BCUT2D eigenvalue weighted by atomic mass is 16.2. The van der Waals surface area contributed by atoms with Crippen LogP contribution < -0.4 is 27.4 Å². The highest BCUT2D eigenvalue weighted by Gasteiger charge is 2.30. The number of carbonyl (C=O) groups excluding carboxylic acids is 5. The largest absolute Gasteiger partial charge is 0.368 e. The van der Waals surface area contributed by atoms with Crippen LogP contribution in [-0.2, 0) is 30.4 Å². The summed E-state index contributed by atoms with van der Waals surface area (Å²) < 4.78 is 0. The normalized spacial score (nSPS) is 14.6. The Kier molecular flexibility index (Phi) is 9.56. The Hall–Kier alpha value is -4.15. The third-order valence-corrected chi connectivity index (χ3v) is 5.64. The van der Waals surface area contributed by atoms with Crippen LogP contribution in [0.15, 0.2) is 42.6 Å². The van der Waals surface area contributed by atoms with Gasteiger partial charge in [0, 0.05) is 36.5 Å². The van der Waals surface area contributed by atoms with Crippen LogP contribution in [0.2, 0.25) is 0 Å². The summed E-state index contributed by atoms with van der Waals surface area (Å²) in [7, 11) is 0. The van der Waals surface area contributed by atoms with Crippen molar-refractivity contribution in [1.29, 1.82) is 0 Å². The van der Waals surface area contributed by atoms with Crippen molar-refractivity contribution in [3.8, 4) is 0 Å². The van der Waals surface area contributed by atoms with Crippen molar-refractivity contribution in [2.75, 3.05) is 0 Å². The smallest absolute Gasteiger partial charge is 0.247 e. The molecule has 188 valence electrons. The molecule has 0 saturated heterocycles. The maximum Gasteiger partial charge on any atom is 0.247 e. The molecule has 0 aliphatic carbocycles. The number of fused-ring (bicyclic) bond motifs is 1. The maximum absolute atomic E-state index is 13.3. The zero-order chi connectivity index (χ0) is 26.1. The van der Waals surface area contributed by atoms with Gasteiger partial charge >= 0.3 is 0 Å². The van der Waals surface area contributed by atoms with Crippen molar-refractivity contribution in [2.45, 2.75) is 51.7 Å². The lowest BCUT2D eigenvalue weighted by Crippen LogP contribution is -2.57. The van der Waals surface area contributed by atoms with Crippen LogP contribution in [0.5, 0.6) is 0 Å². The summed E-state index contributed by atoms with van der Waals surface area (Å²) in [6.45, 7) is 4.85. The molecule has 1 aromatic heterocycles. The molecule has 8 N–H and O–H groups in total. The van der Waals surface area contributed by atoms with Gasteiger partial charge in [0.2, 0.25) is 29.5 Å². The number of primary amides is 2. The van der Waals surface area contributed by atoms with Gasteiger partial charge in [-0.15, -0.1) is 0 Å². The number of nitrogens with two attached hydrogens (primary N) is 2. The van der Waals surface area contributed by atoms with Crippen molar-refractivity contribution in [3.05, 3.63) is 48.2 Å². The fraction of sp³-hybridized carbons (Fsp3) is 0.375. The number of aromatic nitrogens is 1. The Bertz CT molecular complexity index is 1120. The summed E-state index contributed by atoms with van der Waals surface area (Å²) in [5.74, 6) is -3.61. The molecule has 11 nitrogen and oxygen atoms in total. The van der Waals surface area contributed by atoms with E-state index < -0.39 is 47.7 Å². The van der Waals surface area contributed by atoms with Gasteiger partial charge in [0.1, 0.15) is 18.1 Å². The number of amides is 5. The number of H-pyrrole nitrogens is 1. The summed E-state index contributed by atoms with van der Waals surface area (Å²) in [5.41, 5.74) is 12.2. The SMILES string of the molecule is CCC(C)[C@H](NC(=O)[C@H](Cc1c[nH]c2ccccc12)NC(=O)[C@H](/C=C/C(N)=O)NC(C)=O)C(N)=O. The van der Waals surface area contributed by atoms with Crippen LogP contribution in [0.4, 0.5) is 0 Å². The van der Waals surface area contributed by atoms with Gasteiger partial charge in [0.15, 0.2) is 0 Å². The van der Waals surface area contributed by atoms with Crippen LogP contribution in [0.1, 0.15) is 32.8 Å². The molecule has 0 spiro atoms. The average molecular weight is 485 g/mol. The van der Waals surface area contributed by atoms with E-state index in [1.807, 2.05) is 31.2 Å². The summed E-state index contributed by atoms with van der Waals surface area (Å²) >= 11 is 0. The first-order valence-corrected chi connectivity index (χ1v) is 11.2. The Morgan fingerprint density at radius 1 is 1.03 bits per heavy atom. The Morgan fingerprint density at radius 3 is 2.31 bits per heavy atom. The molecule has 11 heteroatoms. The first-order valence-electron chi connectivity index (χ1n) is 11.2. The molecule has 2 aromatic rings. The molecule has 0 aliphatic heterocycles. The van der Waals surface area contributed by atoms with Crippen molar-refractivity contribution in [3.63, 3.8) is 0 Å². The van der Waals surface area contributed by atoms with Gasteiger partial charge in [-0.2, -0.15) is 0 Å². The molecule has 0 aliphatic rings. The molecule has 1 heterocycles. The van der Waals surface area contributed by atoms with Gasteiger partial charge in [-0.05, 0) is 23.6 Å². The van der Waals surface area contributed by atoms with Crippen molar-refractivity contribution >= 4 is 40.4 Å². The molecule has 2 rings (SSSR count). The molecule has 0 saturated carbocycles. The van der Waals surface area contributed by atoms with E-state index >= 15 is 0 Å². The molecule has 0 radical (unpaired) electrons. The first-order chi connectivity index (χ1) is 16.5. The summed E-state index contributed by atoms with van der Waals surface area (Å²) in [6.07, 6.45) is 4.48. The number of hydrogen-bond acceptors (Lipinski definition) is 5. The van der Waals surface area contributed by atoms with Gasteiger partial charge in [-0.25, -0.2) is 0 Å². The number of para-hydroxylation sites is 1. The van der Waals surface area contributed by atoms with E-state index in [0.29, 0.717) is 6.42 Å². The van der Waals surface area contributed by atoms with E-state index in [1.54, 1.807) is 13.1 Å². The maximum atomic E-state index is 13.3. The second kappa shape index (κ2) is 12.4. The minimum Gasteiger partial charge on any atom is -0.368 e. The van der Waals surface area contributed by atoms with Gasteiger partial charge in [0.05, 0.1) is 0 Å². The lowest BCUT2D eigenvalue weighted by atomic mass is 9.97. The molecule has 0 fully saturated rings. The molecule has 5 amide bonds. The fourth-order valence-electron chi connectivity index (χ4n) is 3.59. The molecule has 4 atom stereocenters. The van der Waals surface area contributed by atoms with Crippen LogP contribution >= 0.6 is 0 Å². The fourth-order valence-corrected chi connectivity index (χ4v) is 3.59. The molecule has 1 aromatic carbocycles. The Morgan fingerprint density at radius 2 is 1.71 bits per heavy atom. The summed E-state index contributed by atoms with van der Waals surface area (Å²) in [6, 6.07) is 4.16. The highest BCUT2D eigenvalue weighted by molar-refractivity contribution is 5.96. The number of aromatic amines is 1. The Labute approximate surface area is 203 Å². The molecular formula is C24H32N6O5. The lowest BCUT2D eigenvalue weighted by Gasteiger charge is -2.26. The summed E-state index contributed by atoms with van der Waals surface area (Å²) in [5, 5.41) is 8.52. The van der Waals surface area contributed by atoms with E-state index in [4.69, 9.17) is 11.5 Å². The topological polar surface area (TPSA) is 189 Å². The van der Waals surface area contributed by atoms with Crippen molar-refractivity contribution < 1.29 is 24.0 Å². The zero-order valence-corrected chi connectivity index (χ0v) is 20.0. The third-order valence-electron chi connectivity index (χ3n) is 5.64. The number of nitrogens with one attached hydrogen (secondary N) is 4. The van der Waals surface area contributed by atoms with E-state index in [0.717, 1.165) is 28.6 Å². The second-order valence-corrected chi connectivity index (χ2v) is 8.34. The van der Waals surface area contributed by atoms with Crippen LogP contribution in [-0.4, -0.2) is 52.6 Å². The van der Waals surface area contributed by atoms with Crippen LogP contribution in [0, 0.1) is 5.92 Å². The first kappa shape index (κ1) is 27.1. The van der Waals surface area contributed by atoms with Crippen molar-refractivity contribution in [1.82, 2.24) is 20.9 Å². The van der Waals surface area contributed by atoms with Gasteiger partial charge in [0.25, 0.3) is 0 Å². The van der Waals surface area contributed by atoms with E-state index in [9.17, 15) is 24.0 Å². The predicted octanol–water partition coefficient (Wildman–Crippen LogP) is -0.242. The minimum atomic E-state index is -1.25. The lowest BCUT2D eigenvalue weighted by molar-refractivity contribution is -0.133. The van der Waals surface area contributed by atoms with Crippen molar-refractivity contribution in [2.24, 2.45) is 17.4 Å². The number of carbonyl (C=O) groups is 5. The van der Waals surface area contributed by atoms with Crippen LogP contribution in [0.3, 0.4) is 0 Å². The van der Waals surface area contributed by atoms with E-state index in [1.165, 1.54) is 6.92 Å². The van der Waals surface area contributed by atoms with Gasteiger partial charge in [-0.1, -0.05) is 38.5 Å². The minimum absolute atomic E-state index is 0.0832. The molecular weight excluding hydrogens is 452 g/mol. The monoisotopic (exact) mass is 484 g/mol. The van der Waals surface area contributed by atoms with E-state index in [-0.39, 0.29) is 12.3 Å². The molecule has 0 bridgehead atoms. The number of hydrogen-bond donors (Lipinski definition) is 6.